The number of carbonyl (C=O) groups is 1. The van der Waals surface area contributed by atoms with Crippen LogP contribution in [-0.4, -0.2) is 51.6 Å². The van der Waals surface area contributed by atoms with Crippen molar-refractivity contribution in [3.63, 3.8) is 0 Å². The molecule has 0 aromatic carbocycles. The molecule has 0 aromatic heterocycles. The van der Waals surface area contributed by atoms with Crippen molar-refractivity contribution in [2.45, 2.75) is 26.4 Å². The molecule has 0 aromatic rings. The van der Waals surface area contributed by atoms with Crippen LogP contribution in [-0.2, 0) is 34.0 Å². The minimum absolute atomic E-state index is 0.0526. The molecule has 1 fully saturated rings. The Labute approximate surface area is 112 Å². The highest BCUT2D eigenvalue weighted by Crippen LogP contribution is 2.32. The molecule has 1 aliphatic heterocycles. The first-order valence-corrected chi connectivity index (χ1v) is 8.64. The molecule has 1 atom stereocenters. The Bertz CT molecular complexity index is 545. The third-order valence-electron chi connectivity index (χ3n) is 2.55. The Balaban J connectivity index is 2.62. The van der Waals surface area contributed by atoms with Crippen LogP contribution in [0.3, 0.4) is 0 Å². The van der Waals surface area contributed by atoms with Crippen molar-refractivity contribution in [2.75, 3.05) is 18.1 Å². The second-order valence-electron chi connectivity index (χ2n) is 4.97. The Morgan fingerprint density at radius 1 is 1.32 bits per heavy atom. The fourth-order valence-electron chi connectivity index (χ4n) is 1.51. The van der Waals surface area contributed by atoms with Gasteiger partial charge < -0.3 is 4.74 Å². The minimum Gasteiger partial charge on any atom is -0.463 e. The molecule has 0 amide bonds. The Hall–Kier alpha value is -0.710. The third kappa shape index (κ3) is 5.05. The molecular formula is C9H16O8S2. The SMILES string of the molecule is CC1(C)COC(=O)[C@@H]1OS(=O)(=O)CCCS(=O)(=O)O. The molecule has 0 unspecified atom stereocenters. The number of cyclic esters (lactones) is 1. The molecule has 10 heteroatoms. The number of hydrogen-bond donors (Lipinski definition) is 1. The van der Waals surface area contributed by atoms with Crippen molar-refractivity contribution in [3.8, 4) is 0 Å². The van der Waals surface area contributed by atoms with E-state index in [1.807, 2.05) is 0 Å². The van der Waals surface area contributed by atoms with E-state index in [2.05, 4.69) is 0 Å². The first kappa shape index (κ1) is 16.3. The maximum Gasteiger partial charge on any atom is 0.337 e. The Kier molecular flexibility index (Phi) is 4.60. The highest BCUT2D eigenvalue weighted by Gasteiger charge is 2.47. The van der Waals surface area contributed by atoms with Gasteiger partial charge in [-0.15, -0.1) is 0 Å². The molecule has 112 valence electrons. The van der Waals surface area contributed by atoms with Crippen LogP contribution in [0.1, 0.15) is 20.3 Å². The van der Waals surface area contributed by atoms with Crippen LogP contribution in [0.15, 0.2) is 0 Å². The summed E-state index contributed by atoms with van der Waals surface area (Å²) in [5.74, 6) is -2.05. The normalized spacial score (nSPS) is 23.3. The third-order valence-corrected chi connectivity index (χ3v) is 4.63. The lowest BCUT2D eigenvalue weighted by Crippen LogP contribution is -2.35. The summed E-state index contributed by atoms with van der Waals surface area (Å²) in [6, 6.07) is 0. The number of ether oxygens (including phenoxy) is 1. The van der Waals surface area contributed by atoms with Crippen LogP contribution < -0.4 is 0 Å². The smallest absolute Gasteiger partial charge is 0.337 e. The second-order valence-corrected chi connectivity index (χ2v) is 8.26. The van der Waals surface area contributed by atoms with Crippen molar-refractivity contribution in [3.05, 3.63) is 0 Å². The number of carbonyl (C=O) groups excluding carboxylic acids is 1. The number of hydrogen-bond acceptors (Lipinski definition) is 7. The van der Waals surface area contributed by atoms with E-state index in [4.69, 9.17) is 13.5 Å². The molecule has 1 saturated heterocycles. The van der Waals surface area contributed by atoms with Gasteiger partial charge in [0.1, 0.15) is 0 Å². The van der Waals surface area contributed by atoms with E-state index in [9.17, 15) is 21.6 Å². The molecule has 0 saturated carbocycles. The van der Waals surface area contributed by atoms with Crippen molar-refractivity contribution in [1.82, 2.24) is 0 Å². The van der Waals surface area contributed by atoms with Gasteiger partial charge in [-0.2, -0.15) is 16.8 Å². The predicted molar refractivity (Wildman–Crippen MR) is 64.4 cm³/mol. The van der Waals surface area contributed by atoms with Gasteiger partial charge in [-0.1, -0.05) is 13.8 Å². The maximum absolute atomic E-state index is 11.6. The van der Waals surface area contributed by atoms with Gasteiger partial charge in [-0.3, -0.25) is 8.74 Å². The average Bonchev–Trinajstić information content (AvgIpc) is 2.42. The quantitative estimate of drug-likeness (QED) is 0.397. The highest BCUT2D eigenvalue weighted by molar-refractivity contribution is 7.87. The van der Waals surface area contributed by atoms with Crippen molar-refractivity contribution in [2.24, 2.45) is 5.41 Å². The van der Waals surface area contributed by atoms with E-state index in [0.29, 0.717) is 0 Å². The van der Waals surface area contributed by atoms with Gasteiger partial charge in [-0.05, 0) is 6.42 Å². The van der Waals surface area contributed by atoms with Crippen molar-refractivity contribution in [1.29, 1.82) is 0 Å². The van der Waals surface area contributed by atoms with E-state index in [1.54, 1.807) is 13.8 Å². The summed E-state index contributed by atoms with van der Waals surface area (Å²) >= 11 is 0. The van der Waals surface area contributed by atoms with Crippen molar-refractivity contribution >= 4 is 26.2 Å². The molecule has 8 nitrogen and oxygen atoms in total. The summed E-state index contributed by atoms with van der Waals surface area (Å²) < 4.78 is 62.1. The van der Waals surface area contributed by atoms with Gasteiger partial charge in [0.05, 0.1) is 18.1 Å². The first-order chi connectivity index (χ1) is 8.43. The van der Waals surface area contributed by atoms with Gasteiger partial charge in [0, 0.05) is 5.41 Å². The van der Waals surface area contributed by atoms with Crippen LogP contribution in [0.2, 0.25) is 0 Å². The predicted octanol–water partition coefficient (Wildman–Crippen LogP) is -0.438. The van der Waals surface area contributed by atoms with Gasteiger partial charge >= 0.3 is 5.97 Å². The average molecular weight is 316 g/mol. The minimum atomic E-state index is -4.22. The van der Waals surface area contributed by atoms with Gasteiger partial charge in [0.25, 0.3) is 20.2 Å². The van der Waals surface area contributed by atoms with Crippen LogP contribution in [0.4, 0.5) is 0 Å². The molecule has 0 spiro atoms. The summed E-state index contributed by atoms with van der Waals surface area (Å²) in [4.78, 5) is 11.4. The Morgan fingerprint density at radius 3 is 2.32 bits per heavy atom. The van der Waals surface area contributed by atoms with Gasteiger partial charge in [0.15, 0.2) is 6.10 Å². The molecule has 1 heterocycles. The van der Waals surface area contributed by atoms with Crippen molar-refractivity contribution < 1.29 is 35.1 Å². The summed E-state index contributed by atoms with van der Waals surface area (Å²) in [5.41, 5.74) is -0.771. The fraction of sp³-hybridized carbons (Fsp3) is 0.889. The van der Waals surface area contributed by atoms with Crippen LogP contribution >= 0.6 is 0 Å². The standard InChI is InChI=1S/C9H16O8S2/c1-9(2)6-16-8(10)7(9)17-19(14,15)5-3-4-18(11,12)13/h7H,3-6H2,1-2H3,(H,11,12,13)/t7-/m0/s1. The number of rotatable bonds is 6. The Morgan fingerprint density at radius 2 is 1.89 bits per heavy atom. The van der Waals surface area contributed by atoms with E-state index in [-0.39, 0.29) is 13.0 Å². The molecule has 0 aliphatic carbocycles. The molecule has 19 heavy (non-hydrogen) atoms. The van der Waals surface area contributed by atoms with Gasteiger partial charge in [0.2, 0.25) is 0 Å². The number of esters is 1. The van der Waals surface area contributed by atoms with Gasteiger partial charge in [-0.25, -0.2) is 4.79 Å². The monoisotopic (exact) mass is 316 g/mol. The summed E-state index contributed by atoms with van der Waals surface area (Å²) in [7, 11) is -8.29. The summed E-state index contributed by atoms with van der Waals surface area (Å²) in [6.07, 6.45) is -1.55. The lowest BCUT2D eigenvalue weighted by molar-refractivity contribution is -0.143. The zero-order valence-corrected chi connectivity index (χ0v) is 12.2. The first-order valence-electron chi connectivity index (χ1n) is 5.46. The molecule has 1 aliphatic rings. The molecule has 1 rings (SSSR count). The molecule has 0 radical (unpaired) electrons. The summed E-state index contributed by atoms with van der Waals surface area (Å²) in [6.45, 7) is 3.30. The van der Waals surface area contributed by atoms with E-state index >= 15 is 0 Å². The van der Waals surface area contributed by atoms with Crippen LogP contribution in [0.25, 0.3) is 0 Å². The largest absolute Gasteiger partial charge is 0.463 e. The van der Waals surface area contributed by atoms with E-state index in [1.165, 1.54) is 0 Å². The van der Waals surface area contributed by atoms with Crippen LogP contribution in [0, 0.1) is 5.41 Å². The summed E-state index contributed by atoms with van der Waals surface area (Å²) in [5, 5.41) is 0. The lowest BCUT2D eigenvalue weighted by Gasteiger charge is -2.21. The topological polar surface area (TPSA) is 124 Å². The maximum atomic E-state index is 11.6. The fourth-order valence-corrected chi connectivity index (χ4v) is 3.43. The van der Waals surface area contributed by atoms with E-state index < -0.39 is 49.2 Å². The molecular weight excluding hydrogens is 300 g/mol. The highest BCUT2D eigenvalue weighted by atomic mass is 32.2. The van der Waals surface area contributed by atoms with Crippen LogP contribution in [0.5, 0.6) is 0 Å². The lowest BCUT2D eigenvalue weighted by atomic mass is 9.90. The molecule has 1 N–H and O–H groups in total. The zero-order chi connectivity index (χ0) is 14.9. The van der Waals surface area contributed by atoms with E-state index in [0.717, 1.165) is 0 Å². The molecule has 0 bridgehead atoms. The second kappa shape index (κ2) is 5.35. The zero-order valence-electron chi connectivity index (χ0n) is 10.5.